The van der Waals surface area contributed by atoms with Gasteiger partial charge in [0.2, 0.25) is 5.91 Å². The van der Waals surface area contributed by atoms with Gasteiger partial charge in [0.15, 0.2) is 9.84 Å². The Bertz CT molecular complexity index is 835. The van der Waals surface area contributed by atoms with Crippen molar-refractivity contribution in [1.82, 2.24) is 10.2 Å². The summed E-state index contributed by atoms with van der Waals surface area (Å²) in [7, 11) is -3.17. The third-order valence-electron chi connectivity index (χ3n) is 4.65. The van der Waals surface area contributed by atoms with Crippen LogP contribution in [0.1, 0.15) is 18.4 Å². The molecule has 0 aliphatic carbocycles. The number of carbonyl (C=O) groups excluding carboxylic acids is 3. The zero-order chi connectivity index (χ0) is 18.2. The molecule has 2 N–H and O–H groups in total. The van der Waals surface area contributed by atoms with Crippen molar-refractivity contribution < 1.29 is 22.8 Å². The Kier molecular flexibility index (Phi) is 4.28. The number of imide groups is 1. The van der Waals surface area contributed by atoms with E-state index in [9.17, 15) is 22.8 Å². The van der Waals surface area contributed by atoms with Gasteiger partial charge in [0.05, 0.1) is 11.5 Å². The topological polar surface area (TPSA) is 113 Å². The third-order valence-corrected chi connectivity index (χ3v) is 6.30. The van der Waals surface area contributed by atoms with Crippen LogP contribution in [-0.4, -0.2) is 54.8 Å². The summed E-state index contributed by atoms with van der Waals surface area (Å²) < 4.78 is 23.1. The van der Waals surface area contributed by atoms with Gasteiger partial charge in [-0.05, 0) is 31.4 Å². The molecule has 0 unspecified atom stereocenters. The SMILES string of the molecule is Cc1ccccc1NC(=O)CN1C(=O)NC2(CCS(=O)(=O)CC2)C1=O. The highest BCUT2D eigenvalue weighted by atomic mass is 32.2. The number of sulfone groups is 1. The van der Waals surface area contributed by atoms with E-state index in [-0.39, 0.29) is 24.3 Å². The first-order chi connectivity index (χ1) is 11.7. The Morgan fingerprint density at radius 1 is 1.24 bits per heavy atom. The summed E-state index contributed by atoms with van der Waals surface area (Å²) in [6.45, 7) is 1.42. The number of aryl methyl sites for hydroxylation is 1. The summed E-state index contributed by atoms with van der Waals surface area (Å²) in [5.41, 5.74) is 0.269. The summed E-state index contributed by atoms with van der Waals surface area (Å²) >= 11 is 0. The number of anilines is 1. The number of para-hydroxylation sites is 1. The molecule has 0 saturated carbocycles. The Balaban J connectivity index is 1.69. The van der Waals surface area contributed by atoms with Gasteiger partial charge in [0, 0.05) is 5.69 Å². The number of amides is 4. The molecule has 9 heteroatoms. The van der Waals surface area contributed by atoms with Crippen LogP contribution in [-0.2, 0) is 19.4 Å². The summed E-state index contributed by atoms with van der Waals surface area (Å²) in [6.07, 6.45) is 0.0750. The lowest BCUT2D eigenvalue weighted by molar-refractivity contribution is -0.134. The molecule has 0 radical (unpaired) electrons. The molecule has 2 fully saturated rings. The van der Waals surface area contributed by atoms with Crippen LogP contribution in [0.2, 0.25) is 0 Å². The molecule has 2 aliphatic heterocycles. The second-order valence-corrected chi connectivity index (χ2v) is 8.72. The third kappa shape index (κ3) is 3.37. The molecule has 3 rings (SSSR count). The summed E-state index contributed by atoms with van der Waals surface area (Å²) in [4.78, 5) is 37.8. The standard InChI is InChI=1S/C16H19N3O5S/c1-11-4-2-3-5-12(11)17-13(20)10-19-14(21)16(18-15(19)22)6-8-25(23,24)9-7-16/h2-5H,6-10H2,1H3,(H,17,20)(H,18,22). The number of urea groups is 1. The largest absolute Gasteiger partial charge is 0.325 e. The molecule has 0 atom stereocenters. The molecule has 0 bridgehead atoms. The first kappa shape index (κ1) is 17.4. The molecular weight excluding hydrogens is 346 g/mol. The number of nitrogens with one attached hydrogen (secondary N) is 2. The van der Waals surface area contributed by atoms with E-state index in [0.717, 1.165) is 10.5 Å². The second-order valence-electron chi connectivity index (χ2n) is 6.42. The molecular formula is C16H19N3O5S. The van der Waals surface area contributed by atoms with Crippen molar-refractivity contribution in [2.45, 2.75) is 25.3 Å². The fraction of sp³-hybridized carbons (Fsp3) is 0.438. The van der Waals surface area contributed by atoms with E-state index in [4.69, 9.17) is 0 Å². The van der Waals surface area contributed by atoms with Crippen molar-refractivity contribution >= 4 is 33.4 Å². The van der Waals surface area contributed by atoms with Gasteiger partial charge in [0.25, 0.3) is 5.91 Å². The van der Waals surface area contributed by atoms with E-state index < -0.39 is 39.8 Å². The van der Waals surface area contributed by atoms with E-state index in [1.54, 1.807) is 12.1 Å². The van der Waals surface area contributed by atoms with Crippen molar-refractivity contribution in [3.8, 4) is 0 Å². The predicted octanol–water partition coefficient (Wildman–Crippen LogP) is 0.433. The molecule has 2 aliphatic rings. The number of rotatable bonds is 3. The van der Waals surface area contributed by atoms with Crippen LogP contribution in [0.5, 0.6) is 0 Å². The van der Waals surface area contributed by atoms with E-state index in [1.807, 2.05) is 19.1 Å². The van der Waals surface area contributed by atoms with Crippen LogP contribution in [0.25, 0.3) is 0 Å². The Labute approximate surface area is 145 Å². The van der Waals surface area contributed by atoms with Gasteiger partial charge in [-0.2, -0.15) is 0 Å². The van der Waals surface area contributed by atoms with Crippen molar-refractivity contribution in [1.29, 1.82) is 0 Å². The average molecular weight is 365 g/mol. The minimum absolute atomic E-state index is 0.0375. The van der Waals surface area contributed by atoms with Crippen molar-refractivity contribution in [3.05, 3.63) is 29.8 Å². The van der Waals surface area contributed by atoms with Crippen LogP contribution in [0.15, 0.2) is 24.3 Å². The molecule has 1 aromatic carbocycles. The van der Waals surface area contributed by atoms with Crippen molar-refractivity contribution in [3.63, 3.8) is 0 Å². The lowest BCUT2D eigenvalue weighted by Crippen LogP contribution is -2.52. The number of hydrogen-bond acceptors (Lipinski definition) is 5. The number of benzene rings is 1. The molecule has 134 valence electrons. The Morgan fingerprint density at radius 2 is 1.88 bits per heavy atom. The number of carbonyl (C=O) groups is 3. The number of nitrogens with zero attached hydrogens (tertiary/aromatic N) is 1. The smallest absolute Gasteiger partial charge is 0.324 e. The highest BCUT2D eigenvalue weighted by molar-refractivity contribution is 7.91. The zero-order valence-corrected chi connectivity index (χ0v) is 14.6. The quantitative estimate of drug-likeness (QED) is 0.755. The summed E-state index contributed by atoms with van der Waals surface area (Å²) in [5, 5.41) is 5.25. The summed E-state index contributed by atoms with van der Waals surface area (Å²) in [6, 6.07) is 6.51. The zero-order valence-electron chi connectivity index (χ0n) is 13.7. The van der Waals surface area contributed by atoms with E-state index >= 15 is 0 Å². The Morgan fingerprint density at radius 3 is 2.52 bits per heavy atom. The highest BCUT2D eigenvalue weighted by Gasteiger charge is 2.53. The minimum atomic E-state index is -3.17. The Hall–Kier alpha value is -2.42. The predicted molar refractivity (Wildman–Crippen MR) is 90.7 cm³/mol. The molecule has 1 aromatic rings. The first-order valence-corrected chi connectivity index (χ1v) is 9.75. The van der Waals surface area contributed by atoms with Gasteiger partial charge in [-0.3, -0.25) is 14.5 Å². The average Bonchev–Trinajstić information content (AvgIpc) is 2.77. The van der Waals surface area contributed by atoms with Crippen molar-refractivity contribution in [2.75, 3.05) is 23.4 Å². The van der Waals surface area contributed by atoms with Gasteiger partial charge in [-0.15, -0.1) is 0 Å². The lowest BCUT2D eigenvalue weighted by Gasteiger charge is -2.30. The number of hydrogen-bond donors (Lipinski definition) is 2. The molecule has 2 saturated heterocycles. The maximum absolute atomic E-state index is 12.6. The molecule has 1 spiro atoms. The molecule has 25 heavy (non-hydrogen) atoms. The lowest BCUT2D eigenvalue weighted by atomic mass is 9.92. The van der Waals surface area contributed by atoms with Crippen LogP contribution in [0, 0.1) is 6.92 Å². The maximum atomic E-state index is 12.6. The van der Waals surface area contributed by atoms with E-state index in [1.165, 1.54) is 0 Å². The van der Waals surface area contributed by atoms with Crippen LogP contribution in [0.4, 0.5) is 10.5 Å². The van der Waals surface area contributed by atoms with Gasteiger partial charge >= 0.3 is 6.03 Å². The van der Waals surface area contributed by atoms with E-state index in [2.05, 4.69) is 10.6 Å². The van der Waals surface area contributed by atoms with Crippen LogP contribution < -0.4 is 10.6 Å². The second kappa shape index (κ2) is 6.14. The van der Waals surface area contributed by atoms with Gasteiger partial charge in [0.1, 0.15) is 12.1 Å². The minimum Gasteiger partial charge on any atom is -0.324 e. The first-order valence-electron chi connectivity index (χ1n) is 7.92. The van der Waals surface area contributed by atoms with Gasteiger partial charge in [-0.1, -0.05) is 18.2 Å². The molecule has 8 nitrogen and oxygen atoms in total. The molecule has 4 amide bonds. The maximum Gasteiger partial charge on any atom is 0.325 e. The fourth-order valence-corrected chi connectivity index (χ4v) is 4.61. The van der Waals surface area contributed by atoms with Gasteiger partial charge in [-0.25, -0.2) is 13.2 Å². The van der Waals surface area contributed by atoms with Crippen LogP contribution >= 0.6 is 0 Å². The fourth-order valence-electron chi connectivity index (χ4n) is 3.09. The monoisotopic (exact) mass is 365 g/mol. The molecule has 2 heterocycles. The van der Waals surface area contributed by atoms with Crippen molar-refractivity contribution in [2.24, 2.45) is 0 Å². The van der Waals surface area contributed by atoms with E-state index in [0.29, 0.717) is 5.69 Å². The normalized spacial score (nSPS) is 21.2. The summed E-state index contributed by atoms with van der Waals surface area (Å²) in [5.74, 6) is -1.32. The highest BCUT2D eigenvalue weighted by Crippen LogP contribution is 2.30. The van der Waals surface area contributed by atoms with Gasteiger partial charge < -0.3 is 10.6 Å². The molecule has 0 aromatic heterocycles. The van der Waals surface area contributed by atoms with Crippen LogP contribution in [0.3, 0.4) is 0 Å².